The van der Waals surface area contributed by atoms with Crippen molar-refractivity contribution < 1.29 is 14.3 Å². The van der Waals surface area contributed by atoms with E-state index >= 15 is 0 Å². The lowest BCUT2D eigenvalue weighted by atomic mass is 10.0. The third-order valence-corrected chi connectivity index (χ3v) is 4.17. The molecule has 1 unspecified atom stereocenters. The van der Waals surface area contributed by atoms with E-state index < -0.39 is 0 Å². The normalized spacial score (nSPS) is 17.4. The van der Waals surface area contributed by atoms with E-state index in [0.29, 0.717) is 17.7 Å². The van der Waals surface area contributed by atoms with Gasteiger partial charge in [-0.15, -0.1) is 0 Å². The van der Waals surface area contributed by atoms with Crippen LogP contribution in [0.2, 0.25) is 0 Å². The van der Waals surface area contributed by atoms with Crippen molar-refractivity contribution in [1.29, 1.82) is 0 Å². The van der Waals surface area contributed by atoms with Crippen LogP contribution in [0, 0.1) is 0 Å². The Kier molecular flexibility index (Phi) is 5.57. The van der Waals surface area contributed by atoms with E-state index in [1.54, 1.807) is 0 Å². The molecule has 3 rings (SSSR count). The highest BCUT2D eigenvalue weighted by atomic mass is 16.7. The van der Waals surface area contributed by atoms with Crippen LogP contribution in [0.5, 0.6) is 0 Å². The number of ketones is 1. The van der Waals surface area contributed by atoms with E-state index in [-0.39, 0.29) is 12.1 Å². The van der Waals surface area contributed by atoms with Gasteiger partial charge in [-0.2, -0.15) is 0 Å². The van der Waals surface area contributed by atoms with Gasteiger partial charge in [0.05, 0.1) is 6.61 Å². The van der Waals surface area contributed by atoms with Crippen molar-refractivity contribution in [3.05, 3.63) is 77.9 Å². The van der Waals surface area contributed by atoms with E-state index in [0.717, 1.165) is 37.0 Å². The van der Waals surface area contributed by atoms with Crippen LogP contribution in [-0.4, -0.2) is 25.3 Å². The molecule has 1 fully saturated rings. The van der Waals surface area contributed by atoms with Crippen molar-refractivity contribution in [1.82, 2.24) is 0 Å². The van der Waals surface area contributed by atoms with E-state index in [4.69, 9.17) is 9.47 Å². The molecule has 0 spiro atoms. The minimum atomic E-state index is -0.116. The summed E-state index contributed by atoms with van der Waals surface area (Å²) in [6.07, 6.45) is 3.08. The number of carbonyl (C=O) groups is 1. The summed E-state index contributed by atoms with van der Waals surface area (Å²) in [5.74, 6) is 0.0274. The Balaban J connectivity index is 1.59. The molecular weight excluding hydrogens is 300 g/mol. The van der Waals surface area contributed by atoms with Crippen LogP contribution in [0.25, 0.3) is 5.57 Å². The molecule has 0 aliphatic carbocycles. The zero-order chi connectivity index (χ0) is 16.8. The fraction of sp³-hybridized carbons (Fsp3) is 0.286. The first-order chi connectivity index (χ1) is 11.7. The van der Waals surface area contributed by atoms with Crippen molar-refractivity contribution in [3.8, 4) is 0 Å². The quantitative estimate of drug-likeness (QED) is 0.736. The Labute approximate surface area is 142 Å². The van der Waals surface area contributed by atoms with Gasteiger partial charge < -0.3 is 9.47 Å². The Hall–Kier alpha value is -2.23. The van der Waals surface area contributed by atoms with Crippen molar-refractivity contribution in [2.75, 3.05) is 13.2 Å². The number of benzene rings is 2. The number of rotatable bonds is 6. The number of hydrogen-bond donors (Lipinski definition) is 0. The molecule has 124 valence electrons. The molecule has 0 radical (unpaired) electrons. The summed E-state index contributed by atoms with van der Waals surface area (Å²) < 4.78 is 11.3. The fourth-order valence-electron chi connectivity index (χ4n) is 2.73. The zero-order valence-corrected chi connectivity index (χ0v) is 13.7. The molecule has 24 heavy (non-hydrogen) atoms. The molecule has 0 amide bonds. The molecule has 2 aromatic carbocycles. The van der Waals surface area contributed by atoms with Gasteiger partial charge in [0.15, 0.2) is 12.1 Å². The van der Waals surface area contributed by atoms with E-state index in [9.17, 15) is 4.79 Å². The molecule has 3 nitrogen and oxygen atoms in total. The van der Waals surface area contributed by atoms with Gasteiger partial charge in [-0.05, 0) is 30.4 Å². The molecule has 1 saturated heterocycles. The zero-order valence-electron chi connectivity index (χ0n) is 13.7. The molecule has 2 aromatic rings. The fourth-order valence-corrected chi connectivity index (χ4v) is 2.73. The molecule has 0 aromatic heterocycles. The number of hydrogen-bond acceptors (Lipinski definition) is 3. The first kappa shape index (κ1) is 16.6. The average molecular weight is 322 g/mol. The van der Waals surface area contributed by atoms with Gasteiger partial charge in [-0.1, -0.05) is 61.2 Å². The topological polar surface area (TPSA) is 35.5 Å². The van der Waals surface area contributed by atoms with Crippen molar-refractivity contribution in [2.24, 2.45) is 0 Å². The second-order valence-electron chi connectivity index (χ2n) is 5.98. The molecule has 1 heterocycles. The van der Waals surface area contributed by atoms with Gasteiger partial charge in [0, 0.05) is 17.7 Å². The van der Waals surface area contributed by atoms with Gasteiger partial charge >= 0.3 is 0 Å². The maximum Gasteiger partial charge on any atom is 0.193 e. The first-order valence-corrected chi connectivity index (χ1v) is 8.35. The minimum Gasteiger partial charge on any atom is -0.353 e. The standard InChI is InChI=1S/C21H22O3/c1-16(15-24-20-9-5-6-14-23-20)17-10-12-19(13-11-17)21(22)18-7-3-2-4-8-18/h2-4,7-8,10-13,20H,1,5-6,9,14-15H2. The molecule has 0 saturated carbocycles. The molecular formula is C21H22O3. The van der Waals surface area contributed by atoms with Crippen LogP contribution >= 0.6 is 0 Å². The second-order valence-corrected chi connectivity index (χ2v) is 5.98. The molecule has 0 N–H and O–H groups in total. The highest BCUT2D eigenvalue weighted by Crippen LogP contribution is 2.19. The second kappa shape index (κ2) is 8.04. The predicted molar refractivity (Wildman–Crippen MR) is 94.9 cm³/mol. The van der Waals surface area contributed by atoms with Crippen LogP contribution < -0.4 is 0 Å². The van der Waals surface area contributed by atoms with Crippen molar-refractivity contribution in [3.63, 3.8) is 0 Å². The first-order valence-electron chi connectivity index (χ1n) is 8.35. The number of ether oxygens (including phenoxy) is 2. The third kappa shape index (κ3) is 4.19. The van der Waals surface area contributed by atoms with Crippen molar-refractivity contribution >= 4 is 11.4 Å². The average Bonchev–Trinajstić information content (AvgIpc) is 2.67. The smallest absolute Gasteiger partial charge is 0.193 e. The molecule has 1 aliphatic heterocycles. The van der Waals surface area contributed by atoms with Crippen LogP contribution in [0.3, 0.4) is 0 Å². The highest BCUT2D eigenvalue weighted by molar-refractivity contribution is 6.09. The lowest BCUT2D eigenvalue weighted by Crippen LogP contribution is -2.22. The van der Waals surface area contributed by atoms with Crippen molar-refractivity contribution in [2.45, 2.75) is 25.6 Å². The maximum atomic E-state index is 12.4. The molecule has 1 atom stereocenters. The van der Waals surface area contributed by atoms with Crippen LogP contribution in [-0.2, 0) is 9.47 Å². The SMILES string of the molecule is C=C(COC1CCCCO1)c1ccc(C(=O)c2ccccc2)cc1. The minimum absolute atomic E-state index is 0.0274. The lowest BCUT2D eigenvalue weighted by molar-refractivity contribution is -0.154. The van der Waals surface area contributed by atoms with E-state index in [1.165, 1.54) is 0 Å². The van der Waals surface area contributed by atoms with Crippen LogP contribution in [0.1, 0.15) is 40.7 Å². The Morgan fingerprint density at radius 1 is 1.00 bits per heavy atom. The summed E-state index contributed by atoms with van der Waals surface area (Å²) in [5, 5.41) is 0. The summed E-state index contributed by atoms with van der Waals surface area (Å²) in [6.45, 7) is 5.29. The Morgan fingerprint density at radius 2 is 1.67 bits per heavy atom. The third-order valence-electron chi connectivity index (χ3n) is 4.17. The maximum absolute atomic E-state index is 12.4. The van der Waals surface area contributed by atoms with Crippen LogP contribution in [0.4, 0.5) is 0 Å². The summed E-state index contributed by atoms with van der Waals surface area (Å²) >= 11 is 0. The Morgan fingerprint density at radius 3 is 2.33 bits per heavy atom. The Bertz CT molecular complexity index is 683. The van der Waals surface area contributed by atoms with Gasteiger partial charge in [-0.25, -0.2) is 0 Å². The van der Waals surface area contributed by atoms with Gasteiger partial charge in [-0.3, -0.25) is 4.79 Å². The van der Waals surface area contributed by atoms with E-state index in [2.05, 4.69) is 6.58 Å². The summed E-state index contributed by atoms with van der Waals surface area (Å²) in [4.78, 5) is 12.4. The van der Waals surface area contributed by atoms with Gasteiger partial charge in [0.2, 0.25) is 0 Å². The van der Waals surface area contributed by atoms with Gasteiger partial charge in [0.1, 0.15) is 0 Å². The lowest BCUT2D eigenvalue weighted by Gasteiger charge is -2.23. The summed E-state index contributed by atoms with van der Waals surface area (Å²) in [6, 6.07) is 16.8. The molecule has 1 aliphatic rings. The monoisotopic (exact) mass is 322 g/mol. The molecule has 0 bridgehead atoms. The number of carbonyl (C=O) groups excluding carboxylic acids is 1. The molecule has 3 heteroatoms. The highest BCUT2D eigenvalue weighted by Gasteiger charge is 2.15. The van der Waals surface area contributed by atoms with E-state index in [1.807, 2.05) is 54.6 Å². The summed E-state index contributed by atoms with van der Waals surface area (Å²) in [5.41, 5.74) is 3.24. The van der Waals surface area contributed by atoms with Crippen LogP contribution in [0.15, 0.2) is 61.2 Å². The van der Waals surface area contributed by atoms with Gasteiger partial charge in [0.25, 0.3) is 0 Å². The predicted octanol–water partition coefficient (Wildman–Crippen LogP) is 4.47. The summed E-state index contributed by atoms with van der Waals surface area (Å²) in [7, 11) is 0. The largest absolute Gasteiger partial charge is 0.353 e.